The molecule has 4 rings (SSSR count). The fraction of sp³-hybridized carbons (Fsp3) is 0.0909. The lowest BCUT2D eigenvalue weighted by atomic mass is 10.1. The van der Waals surface area contributed by atoms with Crippen molar-refractivity contribution in [1.29, 1.82) is 0 Å². The van der Waals surface area contributed by atoms with Crippen LogP contribution in [0.1, 0.15) is 17.4 Å². The minimum atomic E-state index is -0.469. The second-order valence-corrected chi connectivity index (χ2v) is 7.66. The minimum Gasteiger partial charge on any atom is -0.290 e. The number of benzene rings is 2. The van der Waals surface area contributed by atoms with Gasteiger partial charge >= 0.3 is 0 Å². The van der Waals surface area contributed by atoms with Crippen LogP contribution in [0.15, 0.2) is 81.9 Å². The van der Waals surface area contributed by atoms with Crippen LogP contribution in [0.2, 0.25) is 0 Å². The molecule has 7 nitrogen and oxygen atoms in total. The molecule has 2 heterocycles. The van der Waals surface area contributed by atoms with Crippen molar-refractivity contribution in [2.75, 3.05) is 0 Å². The number of nitrogens with zero attached hydrogens (tertiary/aromatic N) is 3. The van der Waals surface area contributed by atoms with Crippen molar-refractivity contribution in [3.8, 4) is 16.9 Å². The molecule has 0 aliphatic heterocycles. The number of nitrogens with one attached hydrogen (secondary N) is 1. The van der Waals surface area contributed by atoms with E-state index in [0.29, 0.717) is 29.2 Å². The number of rotatable bonds is 6. The molecule has 0 atom stereocenters. The third-order valence-corrected chi connectivity index (χ3v) is 5.55. The van der Waals surface area contributed by atoms with E-state index in [-0.39, 0.29) is 11.2 Å². The summed E-state index contributed by atoms with van der Waals surface area (Å²) in [4.78, 5) is 29.5. The Morgan fingerprint density at radius 3 is 2.47 bits per heavy atom. The molecule has 0 bridgehead atoms. The minimum absolute atomic E-state index is 0.0319. The van der Waals surface area contributed by atoms with Crippen molar-refractivity contribution in [3.63, 3.8) is 0 Å². The number of hydrogen-bond acceptors (Lipinski definition) is 5. The highest BCUT2D eigenvalue weighted by Gasteiger charge is 2.19. The first-order valence-electron chi connectivity index (χ1n) is 9.23. The molecule has 0 amide bonds. The van der Waals surface area contributed by atoms with Gasteiger partial charge in [-0.05, 0) is 30.5 Å². The average molecular weight is 418 g/mol. The van der Waals surface area contributed by atoms with Crippen LogP contribution in [-0.4, -0.2) is 20.4 Å². The Morgan fingerprint density at radius 1 is 1.10 bits per heavy atom. The fourth-order valence-corrected chi connectivity index (χ4v) is 3.80. The van der Waals surface area contributed by atoms with E-state index in [2.05, 4.69) is 10.1 Å². The van der Waals surface area contributed by atoms with Crippen LogP contribution < -0.4 is 5.56 Å². The first-order chi connectivity index (χ1) is 14.5. The Kier molecular flexibility index (Phi) is 5.40. The maximum absolute atomic E-state index is 13.3. The van der Waals surface area contributed by atoms with Crippen LogP contribution in [0.3, 0.4) is 0 Å². The third-order valence-electron chi connectivity index (χ3n) is 4.69. The summed E-state index contributed by atoms with van der Waals surface area (Å²) in [6.45, 7) is 2.32. The Morgan fingerprint density at radius 2 is 1.83 bits per heavy atom. The van der Waals surface area contributed by atoms with Crippen molar-refractivity contribution in [1.82, 2.24) is 9.78 Å². The first kappa shape index (κ1) is 19.5. The van der Waals surface area contributed by atoms with Gasteiger partial charge in [0.05, 0.1) is 28.4 Å². The number of aromatic amines is 1. The lowest BCUT2D eigenvalue weighted by Crippen LogP contribution is -2.19. The van der Waals surface area contributed by atoms with Gasteiger partial charge in [0.25, 0.3) is 11.2 Å². The van der Waals surface area contributed by atoms with Crippen LogP contribution in [0, 0.1) is 10.1 Å². The number of aliphatic imine (C=N–C) groups is 1. The number of thiophene rings is 1. The van der Waals surface area contributed by atoms with Gasteiger partial charge in [-0.2, -0.15) is 0 Å². The van der Waals surface area contributed by atoms with Gasteiger partial charge in [0.2, 0.25) is 0 Å². The summed E-state index contributed by atoms with van der Waals surface area (Å²) in [6, 6.07) is 19.4. The summed E-state index contributed by atoms with van der Waals surface area (Å²) >= 11 is 1.62. The van der Waals surface area contributed by atoms with Crippen molar-refractivity contribution >= 4 is 22.7 Å². The van der Waals surface area contributed by atoms with E-state index in [1.165, 1.54) is 16.8 Å². The molecule has 2 aromatic heterocycles. The van der Waals surface area contributed by atoms with Crippen molar-refractivity contribution in [3.05, 3.63) is 103 Å². The van der Waals surface area contributed by atoms with Gasteiger partial charge in [-0.3, -0.25) is 25.0 Å². The zero-order valence-corrected chi connectivity index (χ0v) is 16.9. The fourth-order valence-electron chi connectivity index (χ4n) is 3.17. The first-order valence-corrected chi connectivity index (χ1v) is 10.1. The summed E-state index contributed by atoms with van der Waals surface area (Å²) < 4.78 is 1.39. The van der Waals surface area contributed by atoms with Gasteiger partial charge in [-0.25, -0.2) is 4.68 Å². The summed E-state index contributed by atoms with van der Waals surface area (Å²) in [7, 11) is 0. The second kappa shape index (κ2) is 8.30. The van der Waals surface area contributed by atoms with Gasteiger partial charge in [0, 0.05) is 28.3 Å². The molecule has 0 aliphatic carbocycles. The molecule has 0 radical (unpaired) electrons. The normalized spacial score (nSPS) is 11.6. The topological polar surface area (TPSA) is 93.3 Å². The van der Waals surface area contributed by atoms with Crippen LogP contribution in [0.25, 0.3) is 16.9 Å². The SMILES string of the molecule is CC(=NCc1cccs1)c1c(-c2ccccc2)[nH]n(-c2ccc([N+](=O)[O-])cc2)c1=O. The zero-order chi connectivity index (χ0) is 21.1. The number of aromatic nitrogens is 2. The zero-order valence-electron chi connectivity index (χ0n) is 16.1. The Hall–Kier alpha value is -3.78. The van der Waals surface area contributed by atoms with Gasteiger partial charge in [0.1, 0.15) is 0 Å². The van der Waals surface area contributed by atoms with Gasteiger partial charge in [-0.15, -0.1) is 11.3 Å². The standard InChI is InChI=1S/C22H18N4O3S/c1-15(23-14-19-8-5-13-30-19)20-21(16-6-3-2-4-7-16)24-25(22(20)27)17-9-11-18(12-10-17)26(28)29/h2-13,24H,14H2,1H3. The molecule has 8 heteroatoms. The predicted octanol–water partition coefficient (Wildman–Crippen LogP) is 4.81. The quantitative estimate of drug-likeness (QED) is 0.277. The Balaban J connectivity index is 1.82. The van der Waals surface area contributed by atoms with Crippen molar-refractivity contribution < 1.29 is 4.92 Å². The number of nitro benzene ring substituents is 1. The molecule has 0 fully saturated rings. The van der Waals surface area contributed by atoms with E-state index in [0.717, 1.165) is 10.4 Å². The van der Waals surface area contributed by atoms with E-state index in [4.69, 9.17) is 0 Å². The molecule has 0 aliphatic rings. The lowest BCUT2D eigenvalue weighted by molar-refractivity contribution is -0.384. The van der Waals surface area contributed by atoms with E-state index < -0.39 is 4.92 Å². The maximum atomic E-state index is 13.3. The van der Waals surface area contributed by atoms with Crippen molar-refractivity contribution in [2.24, 2.45) is 4.99 Å². The lowest BCUT2D eigenvalue weighted by Gasteiger charge is -2.03. The largest absolute Gasteiger partial charge is 0.290 e. The van der Waals surface area contributed by atoms with Crippen LogP contribution in [-0.2, 0) is 6.54 Å². The number of H-pyrrole nitrogens is 1. The number of non-ortho nitro benzene ring substituents is 1. The van der Waals surface area contributed by atoms with Crippen LogP contribution >= 0.6 is 11.3 Å². The summed E-state index contributed by atoms with van der Waals surface area (Å²) in [5, 5.41) is 16.1. The van der Waals surface area contributed by atoms with Crippen LogP contribution in [0.4, 0.5) is 5.69 Å². The van der Waals surface area contributed by atoms with Crippen LogP contribution in [0.5, 0.6) is 0 Å². The Bertz CT molecular complexity index is 1250. The molecular weight excluding hydrogens is 400 g/mol. The molecule has 30 heavy (non-hydrogen) atoms. The van der Waals surface area contributed by atoms with E-state index >= 15 is 0 Å². The maximum Gasteiger partial charge on any atom is 0.280 e. The summed E-state index contributed by atoms with van der Waals surface area (Å²) in [5.41, 5.74) is 2.85. The van der Waals surface area contributed by atoms with Gasteiger partial charge in [0.15, 0.2) is 0 Å². The Labute approximate surface area is 176 Å². The molecule has 150 valence electrons. The van der Waals surface area contributed by atoms with E-state index in [1.807, 2.05) is 54.8 Å². The van der Waals surface area contributed by atoms with Gasteiger partial charge < -0.3 is 0 Å². The highest BCUT2D eigenvalue weighted by Crippen LogP contribution is 2.22. The second-order valence-electron chi connectivity index (χ2n) is 6.62. The number of nitro groups is 1. The highest BCUT2D eigenvalue weighted by molar-refractivity contribution is 7.09. The van der Waals surface area contributed by atoms with Crippen molar-refractivity contribution in [2.45, 2.75) is 13.5 Å². The third kappa shape index (κ3) is 3.85. The average Bonchev–Trinajstić information content (AvgIpc) is 3.40. The molecule has 4 aromatic rings. The van der Waals surface area contributed by atoms with Gasteiger partial charge in [-0.1, -0.05) is 36.4 Å². The summed E-state index contributed by atoms with van der Waals surface area (Å²) in [6.07, 6.45) is 0. The molecule has 1 N–H and O–H groups in total. The molecule has 0 unspecified atom stereocenters. The molecule has 2 aromatic carbocycles. The molecule has 0 spiro atoms. The monoisotopic (exact) mass is 418 g/mol. The highest BCUT2D eigenvalue weighted by atomic mass is 32.1. The van der Waals surface area contributed by atoms with E-state index in [9.17, 15) is 14.9 Å². The van der Waals surface area contributed by atoms with E-state index in [1.54, 1.807) is 23.5 Å². The summed E-state index contributed by atoms with van der Waals surface area (Å²) in [5.74, 6) is 0. The smallest absolute Gasteiger partial charge is 0.280 e. The molecular formula is C22H18N4O3S. The number of hydrogen-bond donors (Lipinski definition) is 1. The molecule has 0 saturated heterocycles. The predicted molar refractivity (Wildman–Crippen MR) is 119 cm³/mol. The molecule has 0 saturated carbocycles.